The third kappa shape index (κ3) is 3.65. The first-order chi connectivity index (χ1) is 9.72. The second kappa shape index (κ2) is 7.17. The molecule has 2 aromatic rings. The van der Waals surface area contributed by atoms with Gasteiger partial charge in [0.25, 0.3) is 0 Å². The number of phenols is 1. The molecule has 0 aliphatic rings. The van der Waals surface area contributed by atoms with Crippen molar-refractivity contribution in [2.75, 3.05) is 6.61 Å². The van der Waals surface area contributed by atoms with Crippen LogP contribution in [-0.2, 0) is 13.1 Å². The van der Waals surface area contributed by atoms with Gasteiger partial charge in [-0.3, -0.25) is 0 Å². The van der Waals surface area contributed by atoms with Crippen LogP contribution >= 0.6 is 11.6 Å². The summed E-state index contributed by atoms with van der Waals surface area (Å²) in [4.78, 5) is 0. The van der Waals surface area contributed by atoms with Crippen LogP contribution in [0.25, 0.3) is 0 Å². The summed E-state index contributed by atoms with van der Waals surface area (Å²) in [6.45, 7) is 3.63. The average molecular weight is 292 g/mol. The van der Waals surface area contributed by atoms with E-state index in [-0.39, 0.29) is 5.75 Å². The van der Waals surface area contributed by atoms with Crippen molar-refractivity contribution in [3.63, 3.8) is 0 Å². The highest BCUT2D eigenvalue weighted by atomic mass is 35.5. The van der Waals surface area contributed by atoms with E-state index in [1.54, 1.807) is 6.07 Å². The van der Waals surface area contributed by atoms with Gasteiger partial charge in [0.1, 0.15) is 0 Å². The first-order valence-electron chi connectivity index (χ1n) is 6.60. The Bertz CT molecular complexity index is 572. The Hall–Kier alpha value is -1.71. The van der Waals surface area contributed by atoms with Gasteiger partial charge in [-0.2, -0.15) is 0 Å². The molecule has 0 spiro atoms. The van der Waals surface area contributed by atoms with Gasteiger partial charge in [-0.25, -0.2) is 0 Å². The molecule has 2 N–H and O–H groups in total. The fourth-order valence-electron chi connectivity index (χ4n) is 1.96. The monoisotopic (exact) mass is 291 g/mol. The Balaban J connectivity index is 1.98. The van der Waals surface area contributed by atoms with Gasteiger partial charge >= 0.3 is 0 Å². The van der Waals surface area contributed by atoms with Crippen LogP contribution in [0.3, 0.4) is 0 Å². The minimum atomic E-state index is 0.195. The van der Waals surface area contributed by atoms with Gasteiger partial charge in [-0.15, -0.1) is 0 Å². The molecule has 106 valence electrons. The lowest BCUT2D eigenvalue weighted by Gasteiger charge is -2.11. The minimum Gasteiger partial charge on any atom is -0.504 e. The van der Waals surface area contributed by atoms with Crippen molar-refractivity contribution in [3.05, 3.63) is 58.6 Å². The van der Waals surface area contributed by atoms with Gasteiger partial charge in [0, 0.05) is 23.7 Å². The minimum absolute atomic E-state index is 0.195. The highest BCUT2D eigenvalue weighted by Crippen LogP contribution is 2.29. The molecule has 0 saturated heterocycles. The van der Waals surface area contributed by atoms with E-state index in [1.807, 2.05) is 43.3 Å². The molecule has 2 aromatic carbocycles. The molecule has 2 rings (SSSR count). The van der Waals surface area contributed by atoms with Crippen LogP contribution < -0.4 is 10.1 Å². The lowest BCUT2D eigenvalue weighted by Crippen LogP contribution is -2.13. The molecule has 0 bridgehead atoms. The maximum absolute atomic E-state index is 10.1. The zero-order valence-corrected chi connectivity index (χ0v) is 12.2. The lowest BCUT2D eigenvalue weighted by atomic mass is 10.1. The molecule has 0 aliphatic heterocycles. The van der Waals surface area contributed by atoms with Crippen molar-refractivity contribution in [2.45, 2.75) is 20.0 Å². The van der Waals surface area contributed by atoms with Gasteiger partial charge in [-0.05, 0) is 24.6 Å². The Morgan fingerprint density at radius 1 is 1.05 bits per heavy atom. The van der Waals surface area contributed by atoms with Crippen molar-refractivity contribution in [2.24, 2.45) is 0 Å². The first-order valence-corrected chi connectivity index (χ1v) is 6.98. The fourth-order valence-corrected chi connectivity index (χ4v) is 2.16. The molecule has 3 nitrogen and oxygen atoms in total. The number of benzene rings is 2. The second-order valence-electron chi connectivity index (χ2n) is 4.39. The summed E-state index contributed by atoms with van der Waals surface area (Å²) in [5.74, 6) is 0.713. The lowest BCUT2D eigenvalue weighted by molar-refractivity contribution is 0.316. The molecule has 0 saturated carbocycles. The van der Waals surface area contributed by atoms with E-state index < -0.39 is 0 Å². The molecular formula is C16H18ClNO2. The number of para-hydroxylation sites is 1. The molecule has 0 radical (unpaired) electrons. The van der Waals surface area contributed by atoms with Crippen LogP contribution in [-0.4, -0.2) is 11.7 Å². The predicted octanol–water partition coefficient (Wildman–Crippen LogP) is 3.73. The topological polar surface area (TPSA) is 41.5 Å². The molecule has 0 atom stereocenters. The fraction of sp³-hybridized carbons (Fsp3) is 0.250. The smallest absolute Gasteiger partial charge is 0.162 e. The molecular weight excluding hydrogens is 274 g/mol. The zero-order valence-electron chi connectivity index (χ0n) is 11.4. The maximum Gasteiger partial charge on any atom is 0.162 e. The van der Waals surface area contributed by atoms with Gasteiger partial charge < -0.3 is 15.2 Å². The summed E-state index contributed by atoms with van der Waals surface area (Å²) in [5.41, 5.74) is 1.85. The first kappa shape index (κ1) is 14.7. The van der Waals surface area contributed by atoms with Gasteiger partial charge in [0.2, 0.25) is 0 Å². The quantitative estimate of drug-likeness (QED) is 0.852. The van der Waals surface area contributed by atoms with Crippen molar-refractivity contribution in [3.8, 4) is 11.5 Å². The second-order valence-corrected chi connectivity index (χ2v) is 4.80. The highest BCUT2D eigenvalue weighted by Gasteiger charge is 2.07. The number of ether oxygens (including phenoxy) is 1. The van der Waals surface area contributed by atoms with Crippen LogP contribution in [0.15, 0.2) is 42.5 Å². The van der Waals surface area contributed by atoms with Crippen LogP contribution in [0, 0.1) is 0 Å². The van der Waals surface area contributed by atoms with Crippen molar-refractivity contribution in [1.29, 1.82) is 0 Å². The van der Waals surface area contributed by atoms with Gasteiger partial charge in [0.05, 0.1) is 6.61 Å². The summed E-state index contributed by atoms with van der Waals surface area (Å²) < 4.78 is 5.36. The number of aromatic hydroxyl groups is 1. The summed E-state index contributed by atoms with van der Waals surface area (Å²) in [7, 11) is 0. The van der Waals surface area contributed by atoms with Crippen LogP contribution in [0.4, 0.5) is 0 Å². The third-order valence-corrected chi connectivity index (χ3v) is 3.34. The Morgan fingerprint density at radius 2 is 1.75 bits per heavy atom. The Kier molecular flexibility index (Phi) is 5.27. The van der Waals surface area contributed by atoms with E-state index in [0.29, 0.717) is 25.4 Å². The number of hydrogen-bond acceptors (Lipinski definition) is 3. The van der Waals surface area contributed by atoms with Crippen molar-refractivity contribution in [1.82, 2.24) is 5.32 Å². The molecule has 0 aliphatic carbocycles. The Morgan fingerprint density at radius 3 is 2.50 bits per heavy atom. The van der Waals surface area contributed by atoms with E-state index in [9.17, 15) is 5.11 Å². The summed E-state index contributed by atoms with van der Waals surface area (Å²) in [6, 6.07) is 13.2. The zero-order chi connectivity index (χ0) is 14.4. The van der Waals surface area contributed by atoms with E-state index in [2.05, 4.69) is 5.32 Å². The maximum atomic E-state index is 10.1. The van der Waals surface area contributed by atoms with E-state index >= 15 is 0 Å². The van der Waals surface area contributed by atoms with Gasteiger partial charge in [0.15, 0.2) is 11.5 Å². The average Bonchev–Trinajstić information content (AvgIpc) is 2.45. The number of halogens is 1. The van der Waals surface area contributed by atoms with Crippen LogP contribution in [0.1, 0.15) is 18.1 Å². The number of nitrogens with one attached hydrogen (secondary N) is 1. The summed E-state index contributed by atoms with van der Waals surface area (Å²) >= 11 is 6.09. The summed E-state index contributed by atoms with van der Waals surface area (Å²) in [6.07, 6.45) is 0. The molecule has 0 heterocycles. The molecule has 4 heteroatoms. The SMILES string of the molecule is CCOc1cccc(CNCc2ccccc2Cl)c1O. The van der Waals surface area contributed by atoms with Crippen LogP contribution in [0.5, 0.6) is 11.5 Å². The number of phenolic OH excluding ortho intramolecular Hbond substituents is 1. The molecule has 0 aromatic heterocycles. The van der Waals surface area contributed by atoms with Crippen molar-refractivity contribution >= 4 is 11.6 Å². The molecule has 0 fully saturated rings. The van der Waals surface area contributed by atoms with Crippen molar-refractivity contribution < 1.29 is 9.84 Å². The van der Waals surface area contributed by atoms with Crippen LogP contribution in [0.2, 0.25) is 5.02 Å². The molecule has 20 heavy (non-hydrogen) atoms. The molecule has 0 amide bonds. The van der Waals surface area contributed by atoms with Gasteiger partial charge in [-0.1, -0.05) is 41.9 Å². The van der Waals surface area contributed by atoms with E-state index in [4.69, 9.17) is 16.3 Å². The van der Waals surface area contributed by atoms with E-state index in [0.717, 1.165) is 16.1 Å². The number of hydrogen-bond donors (Lipinski definition) is 2. The standard InChI is InChI=1S/C16H18ClNO2/c1-2-20-15-9-5-7-13(16(15)19)11-18-10-12-6-3-4-8-14(12)17/h3-9,18-19H,2,10-11H2,1H3. The largest absolute Gasteiger partial charge is 0.504 e. The normalized spacial score (nSPS) is 10.5. The predicted molar refractivity (Wildman–Crippen MR) is 81.3 cm³/mol. The third-order valence-electron chi connectivity index (χ3n) is 2.97. The molecule has 0 unspecified atom stereocenters. The summed E-state index contributed by atoms with van der Waals surface area (Å²) in [5, 5.41) is 14.1. The van der Waals surface area contributed by atoms with E-state index in [1.165, 1.54) is 0 Å². The Labute approximate surface area is 124 Å². The highest BCUT2D eigenvalue weighted by molar-refractivity contribution is 6.31. The number of rotatable bonds is 6.